The van der Waals surface area contributed by atoms with Crippen LogP contribution in [0.2, 0.25) is 0 Å². The van der Waals surface area contributed by atoms with E-state index in [1.807, 2.05) is 0 Å². The van der Waals surface area contributed by atoms with Crippen molar-refractivity contribution in [1.82, 2.24) is 5.32 Å². The Morgan fingerprint density at radius 3 is 2.73 bits per heavy atom. The highest BCUT2D eigenvalue weighted by Gasteiger charge is 2.18. The number of rotatable bonds is 3. The van der Waals surface area contributed by atoms with Gasteiger partial charge in [0, 0.05) is 12.0 Å². The largest absolute Gasteiger partial charge is 0.316 e. The number of carbonyl (C=O) groups excluding carboxylic acids is 1. The molecule has 3 heteroatoms. The Bertz CT molecular complexity index is 341. The summed E-state index contributed by atoms with van der Waals surface area (Å²) in [6.45, 7) is 1.92. The molecule has 1 N–H and O–H groups in total. The first kappa shape index (κ1) is 10.3. The number of carbonyl (C=O) groups is 1. The first-order valence-electron chi connectivity index (χ1n) is 5.25. The summed E-state index contributed by atoms with van der Waals surface area (Å²) in [5.74, 6) is 0.264. The van der Waals surface area contributed by atoms with Crippen LogP contribution in [-0.4, -0.2) is 18.9 Å². The molecular formula is C12H14FNO. The highest BCUT2D eigenvalue weighted by molar-refractivity contribution is 5.96. The lowest BCUT2D eigenvalue weighted by molar-refractivity contribution is 0.0964. The van der Waals surface area contributed by atoms with Gasteiger partial charge in [0.1, 0.15) is 5.82 Å². The molecule has 2 nitrogen and oxygen atoms in total. The zero-order valence-electron chi connectivity index (χ0n) is 8.50. The molecule has 1 aliphatic rings. The van der Waals surface area contributed by atoms with E-state index in [-0.39, 0.29) is 11.6 Å². The minimum atomic E-state index is -0.297. The van der Waals surface area contributed by atoms with Crippen LogP contribution in [0, 0.1) is 11.7 Å². The predicted octanol–water partition coefficient (Wildman–Crippen LogP) is 2.01. The van der Waals surface area contributed by atoms with Crippen LogP contribution < -0.4 is 5.32 Å². The number of nitrogens with one attached hydrogen (secondary N) is 1. The second-order valence-corrected chi connectivity index (χ2v) is 3.99. The summed E-state index contributed by atoms with van der Waals surface area (Å²) < 4.78 is 12.6. The first-order valence-corrected chi connectivity index (χ1v) is 5.25. The minimum absolute atomic E-state index is 0.115. The molecule has 1 heterocycles. The molecule has 1 aromatic rings. The summed E-state index contributed by atoms with van der Waals surface area (Å²) in [7, 11) is 0. The molecule has 1 unspecified atom stereocenters. The maximum Gasteiger partial charge on any atom is 0.163 e. The van der Waals surface area contributed by atoms with Crippen molar-refractivity contribution in [2.24, 2.45) is 5.92 Å². The van der Waals surface area contributed by atoms with Gasteiger partial charge >= 0.3 is 0 Å². The molecule has 2 rings (SSSR count). The van der Waals surface area contributed by atoms with E-state index in [1.165, 1.54) is 12.1 Å². The Hall–Kier alpha value is -1.22. The van der Waals surface area contributed by atoms with Crippen LogP contribution in [0.4, 0.5) is 4.39 Å². The average Bonchev–Trinajstić information content (AvgIpc) is 2.71. The van der Waals surface area contributed by atoms with E-state index < -0.39 is 0 Å². The maximum absolute atomic E-state index is 12.6. The Balaban J connectivity index is 1.98. The zero-order valence-corrected chi connectivity index (χ0v) is 8.50. The highest BCUT2D eigenvalue weighted by atomic mass is 19.1. The third kappa shape index (κ3) is 2.63. The fraction of sp³-hybridized carbons (Fsp3) is 0.417. The van der Waals surface area contributed by atoms with Crippen molar-refractivity contribution in [1.29, 1.82) is 0 Å². The monoisotopic (exact) mass is 207 g/mol. The summed E-state index contributed by atoms with van der Waals surface area (Å²) in [6, 6.07) is 5.78. The van der Waals surface area contributed by atoms with Gasteiger partial charge in [-0.1, -0.05) is 0 Å². The molecule has 0 radical (unpaired) electrons. The Morgan fingerprint density at radius 2 is 2.13 bits per heavy atom. The fourth-order valence-electron chi connectivity index (χ4n) is 1.90. The third-order valence-electron chi connectivity index (χ3n) is 2.80. The van der Waals surface area contributed by atoms with Gasteiger partial charge in [-0.2, -0.15) is 0 Å². The molecule has 0 aliphatic carbocycles. The molecule has 80 valence electrons. The number of halogens is 1. The maximum atomic E-state index is 12.6. The molecule has 0 aromatic heterocycles. The van der Waals surface area contributed by atoms with Crippen LogP contribution in [0.1, 0.15) is 23.2 Å². The van der Waals surface area contributed by atoms with Crippen LogP contribution in [0.3, 0.4) is 0 Å². The molecule has 0 amide bonds. The van der Waals surface area contributed by atoms with Crippen molar-refractivity contribution < 1.29 is 9.18 Å². The van der Waals surface area contributed by atoms with Gasteiger partial charge in [-0.25, -0.2) is 4.39 Å². The first-order chi connectivity index (χ1) is 7.25. The topological polar surface area (TPSA) is 29.1 Å². The van der Waals surface area contributed by atoms with Crippen LogP contribution >= 0.6 is 0 Å². The molecule has 1 aliphatic heterocycles. The summed E-state index contributed by atoms with van der Waals surface area (Å²) in [5.41, 5.74) is 0.614. The van der Waals surface area contributed by atoms with Crippen molar-refractivity contribution in [3.63, 3.8) is 0 Å². The standard InChI is InChI=1S/C12H14FNO/c13-11-3-1-10(2-4-11)12(15)7-9-5-6-14-8-9/h1-4,9,14H,5-8H2. The average molecular weight is 207 g/mol. The van der Waals surface area contributed by atoms with Crippen molar-refractivity contribution >= 4 is 5.78 Å². The lowest BCUT2D eigenvalue weighted by Gasteiger charge is -2.06. The van der Waals surface area contributed by atoms with Gasteiger partial charge in [-0.3, -0.25) is 4.79 Å². The summed E-state index contributed by atoms with van der Waals surface area (Å²) in [4.78, 5) is 11.8. The van der Waals surface area contributed by atoms with Gasteiger partial charge in [0.25, 0.3) is 0 Å². The number of hydrogen-bond acceptors (Lipinski definition) is 2. The lowest BCUT2D eigenvalue weighted by Crippen LogP contribution is -2.12. The molecule has 1 aromatic carbocycles. The van der Waals surface area contributed by atoms with E-state index >= 15 is 0 Å². The molecule has 0 spiro atoms. The molecule has 1 atom stereocenters. The Kier molecular flexibility index (Phi) is 3.11. The van der Waals surface area contributed by atoms with Gasteiger partial charge in [0.2, 0.25) is 0 Å². The fourth-order valence-corrected chi connectivity index (χ4v) is 1.90. The van der Waals surface area contributed by atoms with Crippen molar-refractivity contribution in [3.05, 3.63) is 35.6 Å². The predicted molar refractivity (Wildman–Crippen MR) is 56.3 cm³/mol. The number of hydrogen-bond donors (Lipinski definition) is 1. The van der Waals surface area contributed by atoms with E-state index in [1.54, 1.807) is 12.1 Å². The summed E-state index contributed by atoms with van der Waals surface area (Å²) in [6.07, 6.45) is 1.63. The van der Waals surface area contributed by atoms with Gasteiger partial charge in [-0.05, 0) is 49.7 Å². The lowest BCUT2D eigenvalue weighted by atomic mass is 9.98. The van der Waals surface area contributed by atoms with E-state index in [0.29, 0.717) is 17.9 Å². The minimum Gasteiger partial charge on any atom is -0.316 e. The molecule has 1 saturated heterocycles. The summed E-state index contributed by atoms with van der Waals surface area (Å²) in [5, 5.41) is 3.23. The summed E-state index contributed by atoms with van der Waals surface area (Å²) >= 11 is 0. The van der Waals surface area contributed by atoms with Crippen LogP contribution in [-0.2, 0) is 0 Å². The van der Waals surface area contributed by atoms with Crippen LogP contribution in [0.15, 0.2) is 24.3 Å². The molecule has 1 fully saturated rings. The van der Waals surface area contributed by atoms with E-state index in [4.69, 9.17) is 0 Å². The molecule has 15 heavy (non-hydrogen) atoms. The van der Waals surface area contributed by atoms with E-state index in [0.717, 1.165) is 19.5 Å². The van der Waals surface area contributed by atoms with E-state index in [2.05, 4.69) is 5.32 Å². The SMILES string of the molecule is O=C(CC1CCNC1)c1ccc(F)cc1. The van der Waals surface area contributed by atoms with Gasteiger partial charge < -0.3 is 5.32 Å². The van der Waals surface area contributed by atoms with Crippen molar-refractivity contribution in [2.45, 2.75) is 12.8 Å². The highest BCUT2D eigenvalue weighted by Crippen LogP contribution is 2.16. The number of ketones is 1. The number of Topliss-reactive ketones (excluding diaryl/α,β-unsaturated/α-hetero) is 1. The van der Waals surface area contributed by atoms with Gasteiger partial charge in [-0.15, -0.1) is 0 Å². The third-order valence-corrected chi connectivity index (χ3v) is 2.80. The van der Waals surface area contributed by atoms with Crippen molar-refractivity contribution in [2.75, 3.05) is 13.1 Å². The molecular weight excluding hydrogens is 193 g/mol. The second kappa shape index (κ2) is 4.53. The molecule has 0 bridgehead atoms. The van der Waals surface area contributed by atoms with Gasteiger partial charge in [0.05, 0.1) is 0 Å². The quantitative estimate of drug-likeness (QED) is 0.768. The molecule has 0 saturated carbocycles. The zero-order chi connectivity index (χ0) is 10.7. The van der Waals surface area contributed by atoms with Crippen molar-refractivity contribution in [3.8, 4) is 0 Å². The second-order valence-electron chi connectivity index (χ2n) is 3.99. The smallest absolute Gasteiger partial charge is 0.163 e. The van der Waals surface area contributed by atoms with E-state index in [9.17, 15) is 9.18 Å². The number of benzene rings is 1. The van der Waals surface area contributed by atoms with Gasteiger partial charge in [0.15, 0.2) is 5.78 Å². The Labute approximate surface area is 88.5 Å². The Morgan fingerprint density at radius 1 is 1.40 bits per heavy atom. The normalized spacial score (nSPS) is 20.5. The van der Waals surface area contributed by atoms with Crippen LogP contribution in [0.5, 0.6) is 0 Å². The van der Waals surface area contributed by atoms with Crippen LogP contribution in [0.25, 0.3) is 0 Å².